The number of carbonyl (C=O) groups is 1. The van der Waals surface area contributed by atoms with Crippen LogP contribution in [0.1, 0.15) is 12.5 Å². The highest BCUT2D eigenvalue weighted by Crippen LogP contribution is 2.26. The molecular weight excluding hydrogens is 320 g/mol. The maximum absolute atomic E-state index is 12.2. The number of rotatable bonds is 5. The molecule has 7 heteroatoms. The van der Waals surface area contributed by atoms with Crippen molar-refractivity contribution in [3.05, 3.63) is 63.2 Å². The molecule has 0 aliphatic heterocycles. The highest BCUT2D eigenvalue weighted by molar-refractivity contribution is 6.32. The molecule has 0 saturated carbocycles. The molecule has 0 bridgehead atoms. The Hall–Kier alpha value is -2.60. The van der Waals surface area contributed by atoms with Crippen molar-refractivity contribution in [1.29, 1.82) is 0 Å². The second-order valence-corrected chi connectivity index (χ2v) is 5.29. The molecule has 0 aliphatic carbocycles. The maximum Gasteiger partial charge on any atom is 0.274 e. The van der Waals surface area contributed by atoms with Crippen LogP contribution >= 0.6 is 11.6 Å². The quantitative estimate of drug-likeness (QED) is 0.662. The van der Waals surface area contributed by atoms with Crippen LogP contribution in [-0.2, 0) is 4.79 Å². The van der Waals surface area contributed by atoms with Crippen LogP contribution < -0.4 is 10.1 Å². The Balaban J connectivity index is 2.12. The summed E-state index contributed by atoms with van der Waals surface area (Å²) in [4.78, 5) is 22.6. The van der Waals surface area contributed by atoms with Crippen molar-refractivity contribution in [3.8, 4) is 5.75 Å². The molecule has 0 fully saturated rings. The summed E-state index contributed by atoms with van der Waals surface area (Å²) in [6.45, 7) is 3.15. The van der Waals surface area contributed by atoms with Gasteiger partial charge >= 0.3 is 0 Å². The molecule has 2 aromatic carbocycles. The van der Waals surface area contributed by atoms with Crippen molar-refractivity contribution in [2.75, 3.05) is 5.32 Å². The van der Waals surface area contributed by atoms with Crippen molar-refractivity contribution < 1.29 is 14.5 Å². The predicted octanol–water partition coefficient (Wildman–Crippen LogP) is 3.96. The third-order valence-corrected chi connectivity index (χ3v) is 3.58. The monoisotopic (exact) mass is 334 g/mol. The third-order valence-electron chi connectivity index (χ3n) is 3.27. The number of amides is 1. The van der Waals surface area contributed by atoms with E-state index in [4.69, 9.17) is 16.3 Å². The molecule has 6 nitrogen and oxygen atoms in total. The number of benzene rings is 2. The third kappa shape index (κ3) is 3.98. The maximum atomic E-state index is 12.2. The van der Waals surface area contributed by atoms with Crippen LogP contribution in [0.3, 0.4) is 0 Å². The molecule has 2 rings (SSSR count). The Labute approximate surface area is 138 Å². The molecule has 0 aromatic heterocycles. The van der Waals surface area contributed by atoms with Gasteiger partial charge in [-0.05, 0) is 32.0 Å². The van der Waals surface area contributed by atoms with E-state index < -0.39 is 16.9 Å². The van der Waals surface area contributed by atoms with Gasteiger partial charge in [0.05, 0.1) is 21.2 Å². The van der Waals surface area contributed by atoms with E-state index >= 15 is 0 Å². The Bertz CT molecular complexity index is 749. The average Bonchev–Trinajstić information content (AvgIpc) is 2.51. The van der Waals surface area contributed by atoms with Gasteiger partial charge in [0.1, 0.15) is 5.75 Å². The molecule has 0 radical (unpaired) electrons. The van der Waals surface area contributed by atoms with E-state index in [1.54, 1.807) is 44.2 Å². The molecule has 1 amide bonds. The lowest BCUT2D eigenvalue weighted by atomic mass is 10.1. The molecular formula is C16H15ClN2O4. The fourth-order valence-electron chi connectivity index (χ4n) is 1.98. The number of hydrogen-bond acceptors (Lipinski definition) is 4. The second kappa shape index (κ2) is 7.11. The molecule has 1 unspecified atom stereocenters. The van der Waals surface area contributed by atoms with Crippen LogP contribution in [0.2, 0.25) is 5.02 Å². The number of para-hydroxylation sites is 1. The van der Waals surface area contributed by atoms with Gasteiger partial charge in [-0.1, -0.05) is 29.8 Å². The lowest BCUT2D eigenvalue weighted by molar-refractivity contribution is -0.385. The standard InChI is InChI=1S/C16H15ClN2O4/c1-10-13(7-5-8-14(10)19(21)22)18-16(20)11(2)23-15-9-4-3-6-12(15)17/h3-9,11H,1-2H3,(H,18,20). The summed E-state index contributed by atoms with van der Waals surface area (Å²) in [6, 6.07) is 11.3. The van der Waals surface area contributed by atoms with Crippen LogP contribution in [0, 0.1) is 17.0 Å². The summed E-state index contributed by atoms with van der Waals surface area (Å²) < 4.78 is 5.52. The summed E-state index contributed by atoms with van der Waals surface area (Å²) in [5.41, 5.74) is 0.706. The molecule has 23 heavy (non-hydrogen) atoms. The number of nitro benzene ring substituents is 1. The predicted molar refractivity (Wildman–Crippen MR) is 88.0 cm³/mol. The van der Waals surface area contributed by atoms with Crippen LogP contribution in [0.4, 0.5) is 11.4 Å². The lowest BCUT2D eigenvalue weighted by Gasteiger charge is -2.16. The van der Waals surface area contributed by atoms with E-state index in [1.807, 2.05) is 0 Å². The van der Waals surface area contributed by atoms with Gasteiger partial charge in [-0.2, -0.15) is 0 Å². The minimum absolute atomic E-state index is 0.0533. The summed E-state index contributed by atoms with van der Waals surface area (Å²) >= 11 is 5.98. The molecule has 0 aliphatic rings. The second-order valence-electron chi connectivity index (χ2n) is 4.89. The number of hydrogen-bond donors (Lipinski definition) is 1. The fraction of sp³-hybridized carbons (Fsp3) is 0.188. The number of nitrogens with one attached hydrogen (secondary N) is 1. The zero-order valence-electron chi connectivity index (χ0n) is 12.6. The van der Waals surface area contributed by atoms with Crippen LogP contribution in [0.15, 0.2) is 42.5 Å². The zero-order valence-corrected chi connectivity index (χ0v) is 13.3. The number of carbonyl (C=O) groups excluding carboxylic acids is 1. The lowest BCUT2D eigenvalue weighted by Crippen LogP contribution is -2.30. The highest BCUT2D eigenvalue weighted by Gasteiger charge is 2.19. The molecule has 2 aromatic rings. The first-order valence-corrected chi connectivity index (χ1v) is 7.24. The zero-order chi connectivity index (χ0) is 17.0. The first-order valence-electron chi connectivity index (χ1n) is 6.86. The van der Waals surface area contributed by atoms with E-state index in [-0.39, 0.29) is 5.69 Å². The minimum atomic E-state index is -0.812. The summed E-state index contributed by atoms with van der Waals surface area (Å²) in [7, 11) is 0. The van der Waals surface area contributed by atoms with Crippen molar-refractivity contribution in [3.63, 3.8) is 0 Å². The first-order chi connectivity index (χ1) is 10.9. The van der Waals surface area contributed by atoms with Gasteiger partial charge in [-0.25, -0.2) is 0 Å². The van der Waals surface area contributed by atoms with E-state index in [0.717, 1.165) is 0 Å². The average molecular weight is 335 g/mol. The van der Waals surface area contributed by atoms with Gasteiger partial charge in [0.15, 0.2) is 6.10 Å². The van der Waals surface area contributed by atoms with Crippen LogP contribution in [-0.4, -0.2) is 16.9 Å². The molecule has 0 saturated heterocycles. The molecule has 1 atom stereocenters. The van der Waals surface area contributed by atoms with Gasteiger partial charge < -0.3 is 10.1 Å². The molecule has 120 valence electrons. The molecule has 0 spiro atoms. The molecule has 0 heterocycles. The summed E-state index contributed by atoms with van der Waals surface area (Å²) in [5, 5.41) is 14.0. The van der Waals surface area contributed by atoms with E-state index in [0.29, 0.717) is 22.0 Å². The van der Waals surface area contributed by atoms with Crippen LogP contribution in [0.5, 0.6) is 5.75 Å². The number of nitro groups is 1. The topological polar surface area (TPSA) is 81.5 Å². The largest absolute Gasteiger partial charge is 0.479 e. The Morgan fingerprint density at radius 2 is 1.96 bits per heavy atom. The number of halogens is 1. The highest BCUT2D eigenvalue weighted by atomic mass is 35.5. The van der Waals surface area contributed by atoms with Gasteiger partial charge in [0, 0.05) is 6.07 Å². The SMILES string of the molecule is Cc1c(NC(=O)C(C)Oc2ccccc2Cl)cccc1[N+](=O)[O-]. The van der Waals surface area contributed by atoms with E-state index in [2.05, 4.69) is 5.32 Å². The fourth-order valence-corrected chi connectivity index (χ4v) is 2.16. The van der Waals surface area contributed by atoms with Crippen molar-refractivity contribution in [2.45, 2.75) is 20.0 Å². The smallest absolute Gasteiger partial charge is 0.274 e. The first kappa shape index (κ1) is 16.8. The summed E-state index contributed by atoms with van der Waals surface area (Å²) in [6.07, 6.45) is -0.812. The normalized spacial score (nSPS) is 11.6. The summed E-state index contributed by atoms with van der Waals surface area (Å²) in [5.74, 6) is -0.0268. The van der Waals surface area contributed by atoms with Gasteiger partial charge in [0.25, 0.3) is 11.6 Å². The Morgan fingerprint density at radius 3 is 2.61 bits per heavy atom. The number of anilines is 1. The van der Waals surface area contributed by atoms with Gasteiger partial charge in [0.2, 0.25) is 0 Å². The van der Waals surface area contributed by atoms with E-state index in [9.17, 15) is 14.9 Å². The van der Waals surface area contributed by atoms with Gasteiger partial charge in [-0.15, -0.1) is 0 Å². The van der Waals surface area contributed by atoms with Crippen molar-refractivity contribution in [2.24, 2.45) is 0 Å². The Kier molecular flexibility index (Phi) is 5.18. The molecule has 1 N–H and O–H groups in total. The minimum Gasteiger partial charge on any atom is -0.479 e. The number of ether oxygens (including phenoxy) is 1. The van der Waals surface area contributed by atoms with Crippen LogP contribution in [0.25, 0.3) is 0 Å². The number of nitrogens with zero attached hydrogens (tertiary/aromatic N) is 1. The Morgan fingerprint density at radius 1 is 1.26 bits per heavy atom. The van der Waals surface area contributed by atoms with Crippen molar-refractivity contribution in [1.82, 2.24) is 0 Å². The van der Waals surface area contributed by atoms with Crippen molar-refractivity contribution >= 4 is 28.9 Å². The van der Waals surface area contributed by atoms with Gasteiger partial charge in [-0.3, -0.25) is 14.9 Å². The van der Waals surface area contributed by atoms with E-state index in [1.165, 1.54) is 12.1 Å².